The van der Waals surface area contributed by atoms with E-state index in [1.54, 1.807) is 11.3 Å². The topological polar surface area (TPSA) is 42.0 Å². The molecule has 0 radical (unpaired) electrons. The minimum Gasteiger partial charge on any atom is -0.352 e. The van der Waals surface area contributed by atoms with Gasteiger partial charge in [-0.3, -0.25) is 4.79 Å². The highest BCUT2D eigenvalue weighted by atomic mass is 79.9. The van der Waals surface area contributed by atoms with Gasteiger partial charge in [0.25, 0.3) is 5.91 Å². The molecule has 2 rings (SSSR count). The Hall–Kier alpha value is -0.620. The minimum atomic E-state index is -0.245. The number of halogens is 3. The van der Waals surface area contributed by atoms with Gasteiger partial charge in [0, 0.05) is 17.6 Å². The van der Waals surface area contributed by atoms with Crippen LogP contribution < -0.4 is 5.32 Å². The van der Waals surface area contributed by atoms with Crippen LogP contribution in [0.25, 0.3) is 0 Å². The second kappa shape index (κ2) is 6.70. The van der Waals surface area contributed by atoms with E-state index in [2.05, 4.69) is 26.2 Å². The number of thiophene rings is 1. The van der Waals surface area contributed by atoms with E-state index in [-0.39, 0.29) is 11.1 Å². The van der Waals surface area contributed by atoms with Crippen LogP contribution in [0.2, 0.25) is 10.2 Å². The quantitative estimate of drug-likeness (QED) is 0.809. The summed E-state index contributed by atoms with van der Waals surface area (Å²) in [6, 6.07) is 5.47. The highest BCUT2D eigenvalue weighted by molar-refractivity contribution is 9.11. The maximum Gasteiger partial charge on any atom is 0.252 e. The van der Waals surface area contributed by atoms with Gasteiger partial charge in [-0.15, -0.1) is 11.3 Å². The Morgan fingerprint density at radius 1 is 1.42 bits per heavy atom. The molecule has 100 valence electrons. The van der Waals surface area contributed by atoms with E-state index in [4.69, 9.17) is 23.2 Å². The maximum atomic E-state index is 11.9. The number of nitrogens with one attached hydrogen (secondary N) is 1. The summed E-state index contributed by atoms with van der Waals surface area (Å²) >= 11 is 16.7. The fourth-order valence-electron chi connectivity index (χ4n) is 1.47. The van der Waals surface area contributed by atoms with Gasteiger partial charge in [0.1, 0.15) is 5.15 Å². The standard InChI is InChI=1S/C12H9BrCl2N2OS/c13-10-2-1-7(19-10)3-4-16-12(18)8-5-11(15)17-6-9(8)14/h1-2,5-6H,3-4H2,(H,16,18). The van der Waals surface area contributed by atoms with Crippen molar-refractivity contribution in [1.29, 1.82) is 0 Å². The zero-order valence-electron chi connectivity index (χ0n) is 9.62. The van der Waals surface area contributed by atoms with Crippen molar-refractivity contribution in [2.45, 2.75) is 6.42 Å². The van der Waals surface area contributed by atoms with E-state index in [1.165, 1.54) is 17.1 Å². The first kappa shape index (κ1) is 14.8. The van der Waals surface area contributed by atoms with Crippen LogP contribution in [-0.4, -0.2) is 17.4 Å². The molecule has 19 heavy (non-hydrogen) atoms. The molecule has 0 saturated heterocycles. The molecule has 0 aliphatic rings. The van der Waals surface area contributed by atoms with E-state index in [1.807, 2.05) is 12.1 Å². The molecule has 0 atom stereocenters. The number of hydrogen-bond acceptors (Lipinski definition) is 3. The third kappa shape index (κ3) is 4.18. The van der Waals surface area contributed by atoms with Gasteiger partial charge >= 0.3 is 0 Å². The van der Waals surface area contributed by atoms with Crippen LogP contribution in [0.3, 0.4) is 0 Å². The summed E-state index contributed by atoms with van der Waals surface area (Å²) in [5, 5.41) is 3.35. The van der Waals surface area contributed by atoms with Gasteiger partial charge in [0.05, 0.1) is 14.4 Å². The van der Waals surface area contributed by atoms with E-state index in [0.29, 0.717) is 17.1 Å². The summed E-state index contributed by atoms with van der Waals surface area (Å²) in [5.74, 6) is -0.245. The summed E-state index contributed by atoms with van der Waals surface area (Å²) in [5.41, 5.74) is 0.342. The Bertz CT molecular complexity index is 603. The van der Waals surface area contributed by atoms with Crippen LogP contribution in [0.4, 0.5) is 0 Å². The van der Waals surface area contributed by atoms with Crippen molar-refractivity contribution in [1.82, 2.24) is 10.3 Å². The molecular formula is C12H9BrCl2N2OS. The van der Waals surface area contributed by atoms with Gasteiger partial charge in [0.2, 0.25) is 0 Å². The number of carbonyl (C=O) groups is 1. The molecule has 0 fully saturated rings. The van der Waals surface area contributed by atoms with Crippen LogP contribution in [0, 0.1) is 0 Å². The predicted octanol–water partition coefficient (Wildman–Crippen LogP) is 4.18. The van der Waals surface area contributed by atoms with Crippen LogP contribution in [-0.2, 0) is 6.42 Å². The predicted molar refractivity (Wildman–Crippen MR) is 82.3 cm³/mol. The molecule has 2 aromatic heterocycles. The maximum absolute atomic E-state index is 11.9. The van der Waals surface area contributed by atoms with E-state index < -0.39 is 0 Å². The summed E-state index contributed by atoms with van der Waals surface area (Å²) in [6.07, 6.45) is 2.15. The normalized spacial score (nSPS) is 10.5. The lowest BCUT2D eigenvalue weighted by atomic mass is 10.2. The molecule has 0 aromatic carbocycles. The lowest BCUT2D eigenvalue weighted by Crippen LogP contribution is -2.25. The van der Waals surface area contributed by atoms with E-state index in [9.17, 15) is 4.79 Å². The lowest BCUT2D eigenvalue weighted by molar-refractivity contribution is 0.0954. The van der Waals surface area contributed by atoms with Gasteiger partial charge in [-0.25, -0.2) is 4.98 Å². The first-order valence-electron chi connectivity index (χ1n) is 5.39. The molecule has 7 heteroatoms. The number of pyridine rings is 1. The number of carbonyl (C=O) groups excluding carboxylic acids is 1. The second-order valence-corrected chi connectivity index (χ2v) is 7.04. The minimum absolute atomic E-state index is 0.245. The van der Waals surface area contributed by atoms with E-state index in [0.717, 1.165) is 10.2 Å². The van der Waals surface area contributed by atoms with Crippen molar-refractivity contribution in [3.63, 3.8) is 0 Å². The molecule has 0 spiro atoms. The average molecular weight is 380 g/mol. The summed E-state index contributed by atoms with van der Waals surface area (Å²) in [4.78, 5) is 16.9. The number of hydrogen-bond donors (Lipinski definition) is 1. The van der Waals surface area contributed by atoms with Gasteiger partial charge in [-0.05, 0) is 40.5 Å². The van der Waals surface area contributed by atoms with Crippen molar-refractivity contribution in [3.8, 4) is 0 Å². The number of rotatable bonds is 4. The molecule has 0 unspecified atom stereocenters. The zero-order chi connectivity index (χ0) is 13.8. The Balaban J connectivity index is 1.92. The zero-order valence-corrected chi connectivity index (χ0v) is 13.5. The molecule has 0 bridgehead atoms. The number of nitrogens with zero attached hydrogens (tertiary/aromatic N) is 1. The van der Waals surface area contributed by atoms with Crippen LogP contribution in [0.1, 0.15) is 15.2 Å². The fraction of sp³-hybridized carbons (Fsp3) is 0.167. The largest absolute Gasteiger partial charge is 0.352 e. The van der Waals surface area contributed by atoms with Gasteiger partial charge in [0.15, 0.2) is 0 Å². The van der Waals surface area contributed by atoms with E-state index >= 15 is 0 Å². The summed E-state index contributed by atoms with van der Waals surface area (Å²) in [6.45, 7) is 0.544. The Morgan fingerprint density at radius 3 is 2.89 bits per heavy atom. The van der Waals surface area contributed by atoms with Crippen molar-refractivity contribution < 1.29 is 4.79 Å². The number of aromatic nitrogens is 1. The average Bonchev–Trinajstić information content (AvgIpc) is 2.78. The molecule has 0 aliphatic carbocycles. The third-order valence-electron chi connectivity index (χ3n) is 2.35. The Labute approximate surface area is 133 Å². The highest BCUT2D eigenvalue weighted by Crippen LogP contribution is 2.22. The third-order valence-corrected chi connectivity index (χ3v) is 4.54. The van der Waals surface area contributed by atoms with Crippen LogP contribution in [0.15, 0.2) is 28.2 Å². The van der Waals surface area contributed by atoms with Crippen molar-refractivity contribution in [2.75, 3.05) is 6.54 Å². The van der Waals surface area contributed by atoms with Crippen molar-refractivity contribution in [3.05, 3.63) is 48.8 Å². The summed E-state index contributed by atoms with van der Waals surface area (Å²) < 4.78 is 1.08. The monoisotopic (exact) mass is 378 g/mol. The van der Waals surface area contributed by atoms with Crippen molar-refractivity contribution >= 4 is 56.4 Å². The number of amides is 1. The summed E-state index contributed by atoms with van der Waals surface area (Å²) in [7, 11) is 0. The molecule has 2 heterocycles. The molecule has 0 aliphatic heterocycles. The Morgan fingerprint density at radius 2 is 2.21 bits per heavy atom. The fourth-order valence-corrected chi connectivity index (χ4v) is 3.30. The van der Waals surface area contributed by atoms with Gasteiger partial charge < -0.3 is 5.32 Å². The first-order valence-corrected chi connectivity index (χ1v) is 7.76. The molecule has 1 amide bonds. The van der Waals surface area contributed by atoms with Crippen molar-refractivity contribution in [2.24, 2.45) is 0 Å². The second-order valence-electron chi connectivity index (χ2n) is 3.70. The first-order chi connectivity index (χ1) is 9.06. The molecule has 1 N–H and O–H groups in total. The molecule has 3 nitrogen and oxygen atoms in total. The van der Waals surface area contributed by atoms with Gasteiger partial charge in [-0.1, -0.05) is 23.2 Å². The van der Waals surface area contributed by atoms with Gasteiger partial charge in [-0.2, -0.15) is 0 Å². The molecular weight excluding hydrogens is 371 g/mol. The molecule has 0 saturated carbocycles. The highest BCUT2D eigenvalue weighted by Gasteiger charge is 2.11. The lowest BCUT2D eigenvalue weighted by Gasteiger charge is -2.06. The van der Waals surface area contributed by atoms with Crippen LogP contribution in [0.5, 0.6) is 0 Å². The smallest absolute Gasteiger partial charge is 0.252 e. The molecule has 2 aromatic rings. The SMILES string of the molecule is O=C(NCCc1ccc(Br)s1)c1cc(Cl)ncc1Cl. The van der Waals surface area contributed by atoms with Crippen LogP contribution >= 0.6 is 50.5 Å². The Kier molecular flexibility index (Phi) is 5.21.